The highest BCUT2D eigenvalue weighted by Gasteiger charge is 2.34. The molecule has 3 rings (SSSR count). The SMILES string of the molecule is O=C(NCCOc1ccccc1Cl)C1CCC(=O)N(C2CCCC2)C1. The highest BCUT2D eigenvalue weighted by Crippen LogP contribution is 2.28. The van der Waals surface area contributed by atoms with Crippen molar-refractivity contribution in [3.8, 4) is 5.75 Å². The molecule has 136 valence electrons. The molecule has 2 amide bonds. The van der Waals surface area contributed by atoms with Crippen molar-refractivity contribution in [3.05, 3.63) is 29.3 Å². The lowest BCUT2D eigenvalue weighted by molar-refractivity contribution is -0.140. The number of piperidine rings is 1. The molecule has 6 heteroatoms. The summed E-state index contributed by atoms with van der Waals surface area (Å²) in [5.41, 5.74) is 0. The highest BCUT2D eigenvalue weighted by atomic mass is 35.5. The van der Waals surface area contributed by atoms with Gasteiger partial charge in [0.25, 0.3) is 0 Å². The van der Waals surface area contributed by atoms with Crippen LogP contribution in [-0.2, 0) is 9.59 Å². The fraction of sp³-hybridized carbons (Fsp3) is 0.579. The van der Waals surface area contributed by atoms with Crippen LogP contribution in [0.25, 0.3) is 0 Å². The summed E-state index contributed by atoms with van der Waals surface area (Å²) in [5, 5.41) is 3.48. The lowest BCUT2D eigenvalue weighted by Crippen LogP contribution is -2.49. The van der Waals surface area contributed by atoms with Gasteiger partial charge in [0.15, 0.2) is 0 Å². The first-order valence-electron chi connectivity index (χ1n) is 9.09. The Morgan fingerprint density at radius 2 is 2.00 bits per heavy atom. The minimum absolute atomic E-state index is 0.0123. The van der Waals surface area contributed by atoms with Crippen molar-refractivity contribution in [2.75, 3.05) is 19.7 Å². The van der Waals surface area contributed by atoms with E-state index in [0.29, 0.717) is 49.4 Å². The van der Waals surface area contributed by atoms with Gasteiger partial charge in [-0.25, -0.2) is 0 Å². The van der Waals surface area contributed by atoms with Crippen molar-refractivity contribution in [1.29, 1.82) is 0 Å². The normalized spacial score (nSPS) is 21.4. The van der Waals surface area contributed by atoms with Crippen LogP contribution in [-0.4, -0.2) is 42.5 Å². The van der Waals surface area contributed by atoms with E-state index in [1.165, 1.54) is 12.8 Å². The number of nitrogens with one attached hydrogen (secondary N) is 1. The number of halogens is 1. The Bertz CT molecular complexity index is 616. The van der Waals surface area contributed by atoms with Gasteiger partial charge in [-0.05, 0) is 31.4 Å². The predicted molar refractivity (Wildman–Crippen MR) is 96.6 cm³/mol. The molecule has 1 saturated heterocycles. The Labute approximate surface area is 153 Å². The zero-order chi connectivity index (χ0) is 17.6. The summed E-state index contributed by atoms with van der Waals surface area (Å²) < 4.78 is 5.58. The van der Waals surface area contributed by atoms with E-state index in [-0.39, 0.29) is 17.7 Å². The lowest BCUT2D eigenvalue weighted by atomic mass is 9.95. The lowest BCUT2D eigenvalue weighted by Gasteiger charge is -2.36. The van der Waals surface area contributed by atoms with Gasteiger partial charge in [-0.3, -0.25) is 9.59 Å². The van der Waals surface area contributed by atoms with Gasteiger partial charge in [0, 0.05) is 19.0 Å². The highest BCUT2D eigenvalue weighted by molar-refractivity contribution is 6.32. The van der Waals surface area contributed by atoms with Crippen molar-refractivity contribution >= 4 is 23.4 Å². The Morgan fingerprint density at radius 3 is 2.76 bits per heavy atom. The number of likely N-dealkylation sites (tertiary alicyclic amines) is 1. The number of carbonyl (C=O) groups is 2. The molecule has 0 bridgehead atoms. The minimum atomic E-state index is -0.112. The molecule has 1 heterocycles. The Morgan fingerprint density at radius 1 is 1.24 bits per heavy atom. The number of benzene rings is 1. The van der Waals surface area contributed by atoms with E-state index in [4.69, 9.17) is 16.3 Å². The van der Waals surface area contributed by atoms with Crippen LogP contribution in [0.5, 0.6) is 5.75 Å². The van der Waals surface area contributed by atoms with Gasteiger partial charge in [-0.2, -0.15) is 0 Å². The van der Waals surface area contributed by atoms with Gasteiger partial charge in [0.05, 0.1) is 17.5 Å². The van der Waals surface area contributed by atoms with Crippen LogP contribution in [0.2, 0.25) is 5.02 Å². The summed E-state index contributed by atoms with van der Waals surface area (Å²) in [6, 6.07) is 7.61. The molecule has 0 aromatic heterocycles. The molecule has 1 unspecified atom stereocenters. The van der Waals surface area contributed by atoms with Crippen molar-refractivity contribution in [2.45, 2.75) is 44.6 Å². The first kappa shape index (κ1) is 18.1. The fourth-order valence-corrected chi connectivity index (χ4v) is 3.89. The largest absolute Gasteiger partial charge is 0.490 e. The Kier molecular flexibility index (Phi) is 6.19. The van der Waals surface area contributed by atoms with Crippen LogP contribution >= 0.6 is 11.6 Å². The number of amides is 2. The van der Waals surface area contributed by atoms with E-state index in [1.54, 1.807) is 12.1 Å². The predicted octanol–water partition coefficient (Wildman–Crippen LogP) is 3.02. The smallest absolute Gasteiger partial charge is 0.225 e. The first-order valence-corrected chi connectivity index (χ1v) is 9.47. The number of hydrogen-bond donors (Lipinski definition) is 1. The fourth-order valence-electron chi connectivity index (χ4n) is 3.70. The van der Waals surface area contributed by atoms with Gasteiger partial charge in [0.1, 0.15) is 12.4 Å². The Hall–Kier alpha value is -1.75. The monoisotopic (exact) mass is 364 g/mol. The number of rotatable bonds is 6. The Balaban J connectivity index is 1.43. The van der Waals surface area contributed by atoms with Crippen LogP contribution in [0.15, 0.2) is 24.3 Å². The zero-order valence-corrected chi connectivity index (χ0v) is 15.1. The van der Waals surface area contributed by atoms with Crippen LogP contribution < -0.4 is 10.1 Å². The molecule has 1 aliphatic heterocycles. The van der Waals surface area contributed by atoms with Crippen LogP contribution in [0, 0.1) is 5.92 Å². The van der Waals surface area contributed by atoms with E-state index in [0.717, 1.165) is 12.8 Å². The van der Waals surface area contributed by atoms with E-state index < -0.39 is 0 Å². The number of hydrogen-bond acceptors (Lipinski definition) is 3. The molecule has 1 atom stereocenters. The second kappa shape index (κ2) is 8.56. The molecule has 1 aliphatic carbocycles. The molecule has 0 spiro atoms. The van der Waals surface area contributed by atoms with Gasteiger partial charge in [0.2, 0.25) is 11.8 Å². The van der Waals surface area contributed by atoms with Gasteiger partial charge in [-0.1, -0.05) is 36.6 Å². The summed E-state index contributed by atoms with van der Waals surface area (Å²) in [5.74, 6) is 0.726. The molecule has 25 heavy (non-hydrogen) atoms. The van der Waals surface area contributed by atoms with Crippen molar-refractivity contribution in [1.82, 2.24) is 10.2 Å². The third kappa shape index (κ3) is 4.66. The maximum absolute atomic E-state index is 12.4. The quantitative estimate of drug-likeness (QED) is 0.789. The molecule has 1 aromatic rings. The second-order valence-electron chi connectivity index (χ2n) is 6.79. The third-order valence-corrected chi connectivity index (χ3v) is 5.39. The average molecular weight is 365 g/mol. The van der Waals surface area contributed by atoms with Gasteiger partial charge in [-0.15, -0.1) is 0 Å². The van der Waals surface area contributed by atoms with E-state index in [1.807, 2.05) is 17.0 Å². The summed E-state index contributed by atoms with van der Waals surface area (Å²) in [7, 11) is 0. The molecule has 0 radical (unpaired) electrons. The van der Waals surface area contributed by atoms with E-state index in [9.17, 15) is 9.59 Å². The summed E-state index contributed by atoms with van der Waals surface area (Å²) in [6.45, 7) is 1.35. The molecule has 5 nitrogen and oxygen atoms in total. The maximum atomic E-state index is 12.4. The standard InChI is InChI=1S/C19H25ClN2O3/c20-16-7-3-4-8-17(16)25-12-11-21-19(24)14-9-10-18(23)22(13-14)15-5-1-2-6-15/h3-4,7-8,14-15H,1-2,5-6,9-13H2,(H,21,24). The van der Waals surface area contributed by atoms with Crippen LogP contribution in [0.4, 0.5) is 0 Å². The molecular formula is C19H25ClN2O3. The minimum Gasteiger partial charge on any atom is -0.490 e. The summed E-state index contributed by atoms with van der Waals surface area (Å²) in [6.07, 6.45) is 5.64. The van der Waals surface area contributed by atoms with Crippen molar-refractivity contribution < 1.29 is 14.3 Å². The third-order valence-electron chi connectivity index (χ3n) is 5.08. The molecular weight excluding hydrogens is 340 g/mol. The van der Waals surface area contributed by atoms with Crippen molar-refractivity contribution in [2.24, 2.45) is 5.92 Å². The topological polar surface area (TPSA) is 58.6 Å². The van der Waals surface area contributed by atoms with Gasteiger partial charge < -0.3 is 15.0 Å². The number of nitrogens with zero attached hydrogens (tertiary/aromatic N) is 1. The summed E-state index contributed by atoms with van der Waals surface area (Å²) in [4.78, 5) is 26.5. The maximum Gasteiger partial charge on any atom is 0.225 e. The molecule has 2 fully saturated rings. The van der Waals surface area contributed by atoms with Crippen LogP contribution in [0.3, 0.4) is 0 Å². The molecule has 1 saturated carbocycles. The van der Waals surface area contributed by atoms with E-state index >= 15 is 0 Å². The zero-order valence-electron chi connectivity index (χ0n) is 14.4. The van der Waals surface area contributed by atoms with Crippen molar-refractivity contribution in [3.63, 3.8) is 0 Å². The molecule has 2 aliphatic rings. The van der Waals surface area contributed by atoms with Gasteiger partial charge >= 0.3 is 0 Å². The number of ether oxygens (including phenoxy) is 1. The summed E-state index contributed by atoms with van der Waals surface area (Å²) >= 11 is 6.03. The number of para-hydroxylation sites is 1. The van der Waals surface area contributed by atoms with E-state index in [2.05, 4.69) is 5.32 Å². The van der Waals surface area contributed by atoms with Crippen LogP contribution in [0.1, 0.15) is 38.5 Å². The molecule has 1 N–H and O–H groups in total. The number of carbonyl (C=O) groups excluding carboxylic acids is 2. The second-order valence-corrected chi connectivity index (χ2v) is 7.20. The molecule has 1 aromatic carbocycles. The average Bonchev–Trinajstić information content (AvgIpc) is 3.14. The first-order chi connectivity index (χ1) is 12.1.